The number of carbonyl (C=O) groups excluding carboxylic acids is 1. The highest BCUT2D eigenvalue weighted by atomic mass is 35.5. The molecule has 0 saturated carbocycles. The molecule has 1 saturated heterocycles. The first-order valence-electron chi connectivity index (χ1n) is 7.37. The fraction of sp³-hybridized carbons (Fsp3) is 0.667. The molecular weight excluding hydrogens is 304 g/mol. The van der Waals surface area contributed by atoms with Gasteiger partial charge in [-0.05, 0) is 64.9 Å². The largest absolute Gasteiger partial charge is 0.444 e. The molecule has 0 radical (unpaired) electrons. The highest BCUT2D eigenvalue weighted by Gasteiger charge is 2.25. The number of likely N-dealkylation sites (tertiary alicyclic amines) is 1. The number of ether oxygens (including phenoxy) is 1. The van der Waals surface area contributed by atoms with Gasteiger partial charge in [-0.2, -0.15) is 0 Å². The Morgan fingerprint density at radius 1 is 1.50 bits per heavy atom. The van der Waals surface area contributed by atoms with Crippen LogP contribution in [0.2, 0.25) is 0 Å². The Kier molecular flexibility index (Phi) is 6.87. The third-order valence-corrected chi connectivity index (χ3v) is 3.27. The molecule has 124 valence electrons. The van der Waals surface area contributed by atoms with E-state index in [-0.39, 0.29) is 11.3 Å². The number of piperidine rings is 1. The number of halogens is 1. The predicted molar refractivity (Wildman–Crippen MR) is 90.6 cm³/mol. The molecule has 22 heavy (non-hydrogen) atoms. The number of carbonyl (C=O) groups is 1. The molecule has 1 N–H and O–H groups in total. The van der Waals surface area contributed by atoms with Crippen molar-refractivity contribution in [2.45, 2.75) is 52.2 Å². The van der Waals surface area contributed by atoms with E-state index in [0.29, 0.717) is 6.54 Å². The molecular formula is C15H25ClN4O2. The summed E-state index contributed by atoms with van der Waals surface area (Å²) >= 11 is 5.81. The highest BCUT2D eigenvalue weighted by Crippen LogP contribution is 2.18. The average molecular weight is 329 g/mol. The van der Waals surface area contributed by atoms with Gasteiger partial charge in [0, 0.05) is 19.1 Å². The maximum Gasteiger partial charge on any atom is 0.407 e. The molecule has 0 spiro atoms. The number of hydrogen-bond donors (Lipinski definition) is 1. The van der Waals surface area contributed by atoms with Gasteiger partial charge in [0.05, 0.1) is 0 Å². The number of amides is 1. The van der Waals surface area contributed by atoms with Crippen molar-refractivity contribution in [3.8, 4) is 0 Å². The number of aliphatic imine (C=N–C) groups is 2. The second-order valence-electron chi connectivity index (χ2n) is 6.12. The van der Waals surface area contributed by atoms with Crippen LogP contribution in [0.4, 0.5) is 4.79 Å². The topological polar surface area (TPSA) is 66.3 Å². The smallest absolute Gasteiger partial charge is 0.407 e. The van der Waals surface area contributed by atoms with Crippen molar-refractivity contribution < 1.29 is 9.53 Å². The molecule has 0 aromatic rings. The summed E-state index contributed by atoms with van der Waals surface area (Å²) in [4.78, 5) is 21.7. The Balaban J connectivity index is 2.64. The molecule has 1 aliphatic rings. The van der Waals surface area contributed by atoms with Crippen molar-refractivity contribution in [1.29, 1.82) is 0 Å². The number of rotatable bonds is 3. The van der Waals surface area contributed by atoms with Gasteiger partial charge in [-0.3, -0.25) is 0 Å². The van der Waals surface area contributed by atoms with Crippen LogP contribution in [-0.4, -0.2) is 47.7 Å². The first kappa shape index (κ1) is 18.5. The van der Waals surface area contributed by atoms with Crippen LogP contribution in [0.1, 0.15) is 40.5 Å². The van der Waals surface area contributed by atoms with Crippen LogP contribution in [-0.2, 0) is 4.74 Å². The lowest BCUT2D eigenvalue weighted by molar-refractivity contribution is 0.0480. The second kappa shape index (κ2) is 8.17. The Morgan fingerprint density at radius 3 is 2.73 bits per heavy atom. The van der Waals surface area contributed by atoms with Crippen molar-refractivity contribution in [1.82, 2.24) is 10.2 Å². The zero-order valence-corrected chi connectivity index (χ0v) is 14.5. The van der Waals surface area contributed by atoms with Crippen molar-refractivity contribution in [2.24, 2.45) is 9.98 Å². The number of hydrogen-bond acceptors (Lipinski definition) is 4. The SMILES string of the molecule is C=N/C(Cl)=N\C(=C/C)N1CCCC(NC(=O)OC(C)(C)C)C1. The zero-order chi connectivity index (χ0) is 16.8. The lowest BCUT2D eigenvalue weighted by atomic mass is 10.1. The van der Waals surface area contributed by atoms with E-state index in [1.54, 1.807) is 0 Å². The lowest BCUT2D eigenvalue weighted by Gasteiger charge is -2.34. The summed E-state index contributed by atoms with van der Waals surface area (Å²) in [5.41, 5.74) is -0.500. The third kappa shape index (κ3) is 6.47. The molecule has 6 nitrogen and oxygen atoms in total. The van der Waals surface area contributed by atoms with Gasteiger partial charge in [0.25, 0.3) is 0 Å². The van der Waals surface area contributed by atoms with E-state index in [4.69, 9.17) is 16.3 Å². The van der Waals surface area contributed by atoms with Crippen LogP contribution in [0.25, 0.3) is 0 Å². The van der Waals surface area contributed by atoms with Crippen LogP contribution in [0.5, 0.6) is 0 Å². The Bertz CT molecular complexity index is 469. The monoisotopic (exact) mass is 328 g/mol. The first-order chi connectivity index (χ1) is 10.2. The van der Waals surface area contributed by atoms with Gasteiger partial charge in [0.15, 0.2) is 0 Å². The normalized spacial score (nSPS) is 20.6. The van der Waals surface area contributed by atoms with E-state index >= 15 is 0 Å². The Morgan fingerprint density at radius 2 is 2.18 bits per heavy atom. The molecule has 1 rings (SSSR count). The fourth-order valence-electron chi connectivity index (χ4n) is 2.22. The summed E-state index contributed by atoms with van der Waals surface area (Å²) in [6, 6.07) is 0.0178. The van der Waals surface area contributed by atoms with E-state index in [9.17, 15) is 4.79 Å². The van der Waals surface area contributed by atoms with Crippen molar-refractivity contribution in [3.63, 3.8) is 0 Å². The average Bonchev–Trinajstić information content (AvgIpc) is 2.42. The molecule has 1 amide bonds. The summed E-state index contributed by atoms with van der Waals surface area (Å²) in [6.45, 7) is 12.3. The number of nitrogens with one attached hydrogen (secondary N) is 1. The summed E-state index contributed by atoms with van der Waals surface area (Å²) in [6.07, 6.45) is 3.33. The molecule has 1 unspecified atom stereocenters. The van der Waals surface area contributed by atoms with E-state index in [0.717, 1.165) is 25.2 Å². The Labute approximate surface area is 137 Å². The van der Waals surface area contributed by atoms with Crippen LogP contribution in [0, 0.1) is 0 Å². The van der Waals surface area contributed by atoms with Crippen molar-refractivity contribution in [2.75, 3.05) is 13.1 Å². The van der Waals surface area contributed by atoms with Gasteiger partial charge >= 0.3 is 6.09 Å². The van der Waals surface area contributed by atoms with E-state index in [1.807, 2.05) is 33.8 Å². The molecule has 0 aliphatic carbocycles. The maximum absolute atomic E-state index is 11.9. The van der Waals surface area contributed by atoms with E-state index < -0.39 is 11.7 Å². The van der Waals surface area contributed by atoms with Crippen LogP contribution < -0.4 is 5.32 Å². The second-order valence-corrected chi connectivity index (χ2v) is 6.46. The maximum atomic E-state index is 11.9. The minimum Gasteiger partial charge on any atom is -0.444 e. The summed E-state index contributed by atoms with van der Waals surface area (Å²) in [7, 11) is 0. The van der Waals surface area contributed by atoms with Gasteiger partial charge in [-0.25, -0.2) is 14.8 Å². The first-order valence-corrected chi connectivity index (χ1v) is 7.74. The predicted octanol–water partition coefficient (Wildman–Crippen LogP) is 3.13. The van der Waals surface area contributed by atoms with Crippen LogP contribution in [0.15, 0.2) is 21.9 Å². The molecule has 1 aliphatic heterocycles. The molecule has 1 fully saturated rings. The molecule has 7 heteroatoms. The standard InChI is InChI=1S/C15H25ClN4O2/c1-6-12(19-13(16)17-5)20-9-7-8-11(10-20)18-14(21)22-15(2,3)4/h6,11H,5,7-10H2,1-4H3,(H,18,21)/b12-6+,19-13-. The number of alkyl carbamates (subject to hydrolysis) is 1. The fourth-order valence-corrected chi connectivity index (χ4v) is 2.31. The van der Waals surface area contributed by atoms with Crippen LogP contribution in [0.3, 0.4) is 0 Å². The summed E-state index contributed by atoms with van der Waals surface area (Å²) in [5.74, 6) is 0.730. The van der Waals surface area contributed by atoms with E-state index in [2.05, 4.69) is 26.9 Å². The van der Waals surface area contributed by atoms with Gasteiger partial charge in [-0.1, -0.05) is 0 Å². The molecule has 0 aromatic heterocycles. The summed E-state index contributed by atoms with van der Waals surface area (Å²) < 4.78 is 5.29. The molecule has 1 heterocycles. The molecule has 0 aromatic carbocycles. The van der Waals surface area contributed by atoms with Gasteiger partial charge < -0.3 is 15.0 Å². The van der Waals surface area contributed by atoms with Gasteiger partial charge in [0.1, 0.15) is 11.4 Å². The summed E-state index contributed by atoms with van der Waals surface area (Å²) in [5, 5.41) is 3.01. The van der Waals surface area contributed by atoms with Crippen molar-refractivity contribution in [3.05, 3.63) is 11.9 Å². The zero-order valence-electron chi connectivity index (χ0n) is 13.7. The minimum atomic E-state index is -0.500. The number of nitrogens with zero attached hydrogens (tertiary/aromatic N) is 3. The number of allylic oxidation sites excluding steroid dienone is 1. The minimum absolute atomic E-state index is 0.0178. The molecule has 1 atom stereocenters. The highest BCUT2D eigenvalue weighted by molar-refractivity contribution is 6.65. The Hall–Kier alpha value is -1.56. The quantitative estimate of drug-likeness (QED) is 0.491. The van der Waals surface area contributed by atoms with E-state index in [1.165, 1.54) is 0 Å². The van der Waals surface area contributed by atoms with Gasteiger partial charge in [0.2, 0.25) is 5.29 Å². The number of amidine groups is 1. The van der Waals surface area contributed by atoms with Crippen LogP contribution >= 0.6 is 11.6 Å². The van der Waals surface area contributed by atoms with Crippen molar-refractivity contribution >= 4 is 29.7 Å². The lowest BCUT2D eigenvalue weighted by Crippen LogP contribution is -2.48. The van der Waals surface area contributed by atoms with Gasteiger partial charge in [-0.15, -0.1) is 0 Å². The molecule has 0 bridgehead atoms. The third-order valence-electron chi connectivity index (χ3n) is 3.06.